The number of nitrogens with two attached hydrogens (primary N) is 1. The Balaban J connectivity index is 1.99. The number of halogens is 1. The smallest absolute Gasteiger partial charge is 0.151 e. The Morgan fingerprint density at radius 1 is 1.26 bits per heavy atom. The van der Waals surface area contributed by atoms with Crippen LogP contribution in [-0.2, 0) is 5.54 Å². The minimum atomic E-state index is -0.353. The Hall–Kier alpha value is -1.42. The molecule has 0 bridgehead atoms. The Morgan fingerprint density at radius 2 is 2.00 bits per heavy atom. The summed E-state index contributed by atoms with van der Waals surface area (Å²) in [6, 6.07) is 5.68. The zero-order valence-corrected chi connectivity index (χ0v) is 10.9. The van der Waals surface area contributed by atoms with Gasteiger partial charge in [-0.05, 0) is 37.8 Å². The lowest BCUT2D eigenvalue weighted by Gasteiger charge is -2.24. The maximum atomic E-state index is 14.0. The highest BCUT2D eigenvalue weighted by Crippen LogP contribution is 2.44. The number of fused-ring (bicyclic) bond motifs is 1. The van der Waals surface area contributed by atoms with E-state index < -0.39 is 0 Å². The summed E-state index contributed by atoms with van der Waals surface area (Å²) >= 11 is 0. The number of benzene rings is 1. The highest BCUT2D eigenvalue weighted by molar-refractivity contribution is 5.77. The molecule has 2 saturated carbocycles. The van der Waals surface area contributed by atoms with Crippen LogP contribution in [0.4, 0.5) is 4.39 Å². The van der Waals surface area contributed by atoms with Gasteiger partial charge in [-0.1, -0.05) is 18.9 Å². The van der Waals surface area contributed by atoms with E-state index in [4.69, 9.17) is 5.73 Å². The second-order valence-corrected chi connectivity index (χ2v) is 6.01. The molecule has 2 N–H and O–H groups in total. The van der Waals surface area contributed by atoms with Crippen molar-refractivity contribution in [3.63, 3.8) is 0 Å². The van der Waals surface area contributed by atoms with Gasteiger partial charge in [0.2, 0.25) is 0 Å². The van der Waals surface area contributed by atoms with Gasteiger partial charge in [0.05, 0.1) is 11.1 Å². The summed E-state index contributed by atoms with van der Waals surface area (Å²) in [5.74, 6) is 0.673. The molecule has 0 unspecified atom stereocenters. The fraction of sp³-hybridized carbons (Fsp3) is 0.533. The molecule has 0 radical (unpaired) electrons. The largest absolute Gasteiger partial charge is 0.323 e. The SMILES string of the molecule is NC1(c2nc3c(F)cccc3n2C2CC2)CCCC1. The molecule has 4 heteroatoms. The molecule has 1 heterocycles. The van der Waals surface area contributed by atoms with Gasteiger partial charge < -0.3 is 10.3 Å². The van der Waals surface area contributed by atoms with Crippen LogP contribution >= 0.6 is 0 Å². The topological polar surface area (TPSA) is 43.8 Å². The molecule has 2 aromatic rings. The predicted molar refractivity (Wildman–Crippen MR) is 72.3 cm³/mol. The normalized spacial score (nSPS) is 22.2. The maximum absolute atomic E-state index is 14.0. The first kappa shape index (κ1) is 11.4. The molecule has 0 amide bonds. The molecule has 4 rings (SSSR count). The van der Waals surface area contributed by atoms with Crippen LogP contribution in [0.2, 0.25) is 0 Å². The number of imidazole rings is 1. The first-order valence-electron chi connectivity index (χ1n) is 7.15. The zero-order valence-electron chi connectivity index (χ0n) is 10.9. The van der Waals surface area contributed by atoms with Crippen molar-refractivity contribution < 1.29 is 4.39 Å². The van der Waals surface area contributed by atoms with Gasteiger partial charge in [-0.3, -0.25) is 0 Å². The van der Waals surface area contributed by atoms with Crippen molar-refractivity contribution in [2.45, 2.75) is 50.1 Å². The molecule has 2 fully saturated rings. The third-order valence-corrected chi connectivity index (χ3v) is 4.52. The minimum Gasteiger partial charge on any atom is -0.323 e. The van der Waals surface area contributed by atoms with E-state index in [1.54, 1.807) is 6.07 Å². The van der Waals surface area contributed by atoms with Crippen LogP contribution in [0.1, 0.15) is 50.4 Å². The van der Waals surface area contributed by atoms with Crippen molar-refractivity contribution in [1.29, 1.82) is 0 Å². The summed E-state index contributed by atoms with van der Waals surface area (Å²) in [6.07, 6.45) is 6.53. The number of hydrogen-bond acceptors (Lipinski definition) is 2. The Labute approximate surface area is 111 Å². The van der Waals surface area contributed by atoms with E-state index in [0.717, 1.165) is 49.9 Å². The molecule has 0 atom stereocenters. The second kappa shape index (κ2) is 3.79. The van der Waals surface area contributed by atoms with Crippen molar-refractivity contribution in [2.75, 3.05) is 0 Å². The predicted octanol–water partition coefficient (Wildman–Crippen LogP) is 3.24. The van der Waals surface area contributed by atoms with Crippen molar-refractivity contribution in [2.24, 2.45) is 5.73 Å². The molecule has 100 valence electrons. The van der Waals surface area contributed by atoms with E-state index in [1.807, 2.05) is 6.07 Å². The quantitative estimate of drug-likeness (QED) is 0.899. The fourth-order valence-corrected chi connectivity index (χ4v) is 3.37. The van der Waals surface area contributed by atoms with Crippen LogP contribution in [0.3, 0.4) is 0 Å². The molecule has 0 aliphatic heterocycles. The molecule has 1 aromatic carbocycles. The number of rotatable bonds is 2. The molecule has 19 heavy (non-hydrogen) atoms. The minimum absolute atomic E-state index is 0.236. The van der Waals surface area contributed by atoms with Gasteiger partial charge in [-0.2, -0.15) is 0 Å². The monoisotopic (exact) mass is 259 g/mol. The third-order valence-electron chi connectivity index (χ3n) is 4.52. The van der Waals surface area contributed by atoms with Crippen molar-refractivity contribution in [3.8, 4) is 0 Å². The van der Waals surface area contributed by atoms with Gasteiger partial charge in [-0.15, -0.1) is 0 Å². The Bertz CT molecular complexity index is 636. The highest BCUT2D eigenvalue weighted by atomic mass is 19.1. The van der Waals surface area contributed by atoms with E-state index in [1.165, 1.54) is 6.07 Å². The van der Waals surface area contributed by atoms with E-state index in [0.29, 0.717) is 11.6 Å². The lowest BCUT2D eigenvalue weighted by atomic mass is 9.98. The summed E-state index contributed by atoms with van der Waals surface area (Å²) in [5, 5.41) is 0. The first-order valence-corrected chi connectivity index (χ1v) is 7.15. The van der Waals surface area contributed by atoms with Gasteiger partial charge in [0.25, 0.3) is 0 Å². The molecular formula is C15H18FN3. The standard InChI is InChI=1S/C15H18FN3/c16-11-4-3-5-12-13(11)18-14(19(12)10-6-7-10)15(17)8-1-2-9-15/h3-5,10H,1-2,6-9,17H2. The van der Waals surface area contributed by atoms with Gasteiger partial charge >= 0.3 is 0 Å². The van der Waals surface area contributed by atoms with Gasteiger partial charge in [0, 0.05) is 6.04 Å². The molecule has 2 aliphatic rings. The molecule has 0 saturated heterocycles. The van der Waals surface area contributed by atoms with E-state index in [-0.39, 0.29) is 11.4 Å². The molecule has 2 aliphatic carbocycles. The second-order valence-electron chi connectivity index (χ2n) is 6.01. The summed E-state index contributed by atoms with van der Waals surface area (Å²) < 4.78 is 16.2. The third kappa shape index (κ3) is 1.62. The number of hydrogen-bond donors (Lipinski definition) is 1. The Kier molecular flexibility index (Phi) is 2.28. The first-order chi connectivity index (χ1) is 9.19. The number of aromatic nitrogens is 2. The summed E-state index contributed by atoms with van der Waals surface area (Å²) in [6.45, 7) is 0. The number of nitrogens with zero attached hydrogens (tertiary/aromatic N) is 2. The van der Waals surface area contributed by atoms with Crippen LogP contribution in [0.5, 0.6) is 0 Å². The van der Waals surface area contributed by atoms with Gasteiger partial charge in [-0.25, -0.2) is 9.37 Å². The van der Waals surface area contributed by atoms with Gasteiger partial charge in [0.15, 0.2) is 5.82 Å². The zero-order chi connectivity index (χ0) is 13.0. The van der Waals surface area contributed by atoms with Crippen LogP contribution < -0.4 is 5.73 Å². The summed E-state index contributed by atoms with van der Waals surface area (Å²) in [7, 11) is 0. The number of para-hydroxylation sites is 1. The summed E-state index contributed by atoms with van der Waals surface area (Å²) in [4.78, 5) is 4.59. The van der Waals surface area contributed by atoms with Crippen molar-refractivity contribution in [1.82, 2.24) is 9.55 Å². The molecule has 3 nitrogen and oxygen atoms in total. The van der Waals surface area contributed by atoms with Gasteiger partial charge in [0.1, 0.15) is 11.3 Å². The molecule has 1 aromatic heterocycles. The van der Waals surface area contributed by atoms with Crippen LogP contribution in [0.15, 0.2) is 18.2 Å². The average molecular weight is 259 g/mol. The van der Waals surface area contributed by atoms with Crippen molar-refractivity contribution in [3.05, 3.63) is 29.8 Å². The molecule has 0 spiro atoms. The average Bonchev–Trinajstić information content (AvgIpc) is 3.00. The van der Waals surface area contributed by atoms with Crippen LogP contribution in [-0.4, -0.2) is 9.55 Å². The highest BCUT2D eigenvalue weighted by Gasteiger charge is 2.40. The summed E-state index contributed by atoms with van der Waals surface area (Å²) in [5.41, 5.74) is 7.60. The molecular weight excluding hydrogens is 241 g/mol. The van der Waals surface area contributed by atoms with Crippen LogP contribution in [0, 0.1) is 5.82 Å². The van der Waals surface area contributed by atoms with E-state index in [9.17, 15) is 4.39 Å². The maximum Gasteiger partial charge on any atom is 0.151 e. The van der Waals surface area contributed by atoms with Crippen LogP contribution in [0.25, 0.3) is 11.0 Å². The lowest BCUT2D eigenvalue weighted by molar-refractivity contribution is 0.411. The Morgan fingerprint density at radius 3 is 2.68 bits per heavy atom. The fourth-order valence-electron chi connectivity index (χ4n) is 3.37. The van der Waals surface area contributed by atoms with E-state index in [2.05, 4.69) is 9.55 Å². The van der Waals surface area contributed by atoms with Crippen molar-refractivity contribution >= 4 is 11.0 Å². The van der Waals surface area contributed by atoms with E-state index >= 15 is 0 Å². The lowest BCUT2D eigenvalue weighted by Crippen LogP contribution is -2.36.